The summed E-state index contributed by atoms with van der Waals surface area (Å²) in [4.78, 5) is 25.4. The van der Waals surface area contributed by atoms with Gasteiger partial charge in [-0.1, -0.05) is 18.2 Å². The highest BCUT2D eigenvalue weighted by molar-refractivity contribution is 5.94. The van der Waals surface area contributed by atoms with Gasteiger partial charge in [0.2, 0.25) is 5.91 Å². The van der Waals surface area contributed by atoms with Crippen molar-refractivity contribution in [3.8, 4) is 5.69 Å². The molecule has 1 amide bonds. The zero-order valence-electron chi connectivity index (χ0n) is 16.2. The van der Waals surface area contributed by atoms with E-state index in [1.54, 1.807) is 6.08 Å². The molecule has 3 rings (SSSR count). The van der Waals surface area contributed by atoms with Crippen LogP contribution in [0.2, 0.25) is 0 Å². The van der Waals surface area contributed by atoms with Crippen molar-refractivity contribution in [2.24, 2.45) is 0 Å². The molecular weight excluding hydrogens is 358 g/mol. The molecule has 1 aliphatic rings. The highest BCUT2D eigenvalue weighted by atomic mass is 16.5. The van der Waals surface area contributed by atoms with Gasteiger partial charge in [-0.05, 0) is 44.9 Å². The third kappa shape index (κ3) is 4.48. The van der Waals surface area contributed by atoms with Crippen molar-refractivity contribution in [2.75, 3.05) is 19.8 Å². The predicted molar refractivity (Wildman–Crippen MR) is 105 cm³/mol. The average Bonchev–Trinajstić information content (AvgIpc) is 2.99. The lowest BCUT2D eigenvalue weighted by Gasteiger charge is -2.32. The molecule has 0 unspecified atom stereocenters. The fourth-order valence-electron chi connectivity index (χ4n) is 3.50. The minimum absolute atomic E-state index is 0.115. The maximum Gasteiger partial charge on any atom is 0.323 e. The Balaban J connectivity index is 1.82. The summed E-state index contributed by atoms with van der Waals surface area (Å²) in [6, 6.07) is 9.67. The van der Waals surface area contributed by atoms with Crippen molar-refractivity contribution in [1.82, 2.24) is 14.7 Å². The molecule has 7 nitrogen and oxygen atoms in total. The largest absolute Gasteiger partial charge is 0.480 e. The number of aliphatic carboxylic acids is 1. The van der Waals surface area contributed by atoms with Crippen LogP contribution in [0.3, 0.4) is 0 Å². The van der Waals surface area contributed by atoms with E-state index in [0.717, 1.165) is 22.6 Å². The SMILES string of the molecule is Cc1nn(-c2ccccc2)c(C)c1C=CC(=O)N(CC(=O)O)C1CCOCC1. The van der Waals surface area contributed by atoms with Gasteiger partial charge in [-0.15, -0.1) is 0 Å². The summed E-state index contributed by atoms with van der Waals surface area (Å²) < 4.78 is 7.17. The standard InChI is InChI=1S/C21H25N3O4/c1-15-19(16(2)24(22-15)18-6-4-3-5-7-18)8-9-20(25)23(14-21(26)27)17-10-12-28-13-11-17/h3-9,17H,10-14H2,1-2H3,(H,26,27). The minimum atomic E-state index is -1.02. The molecule has 1 fully saturated rings. The van der Waals surface area contributed by atoms with E-state index in [2.05, 4.69) is 5.10 Å². The number of hydrogen-bond acceptors (Lipinski definition) is 4. The molecule has 1 aliphatic heterocycles. The summed E-state index contributed by atoms with van der Waals surface area (Å²) in [6.45, 7) is 4.61. The number of rotatable bonds is 6. The first-order valence-electron chi connectivity index (χ1n) is 9.37. The third-order valence-corrected chi connectivity index (χ3v) is 4.96. The second kappa shape index (κ2) is 8.84. The Morgan fingerprint density at radius 1 is 1.25 bits per heavy atom. The van der Waals surface area contributed by atoms with Gasteiger partial charge in [-0.3, -0.25) is 9.59 Å². The lowest BCUT2D eigenvalue weighted by atomic mass is 10.1. The van der Waals surface area contributed by atoms with Crippen LogP contribution in [0.1, 0.15) is 29.8 Å². The molecular formula is C21H25N3O4. The van der Waals surface area contributed by atoms with E-state index in [1.807, 2.05) is 48.9 Å². The van der Waals surface area contributed by atoms with Gasteiger partial charge in [0, 0.05) is 36.6 Å². The van der Waals surface area contributed by atoms with E-state index in [1.165, 1.54) is 11.0 Å². The number of aromatic nitrogens is 2. The van der Waals surface area contributed by atoms with Gasteiger partial charge >= 0.3 is 5.97 Å². The smallest absolute Gasteiger partial charge is 0.323 e. The zero-order valence-corrected chi connectivity index (χ0v) is 16.2. The number of carboxylic acids is 1. The maximum atomic E-state index is 12.8. The topological polar surface area (TPSA) is 84.7 Å². The van der Waals surface area contributed by atoms with Crippen LogP contribution >= 0.6 is 0 Å². The number of amides is 1. The molecule has 0 saturated carbocycles. The van der Waals surface area contributed by atoms with Crippen molar-refractivity contribution in [3.63, 3.8) is 0 Å². The third-order valence-electron chi connectivity index (χ3n) is 4.96. The molecule has 0 radical (unpaired) electrons. The van der Waals surface area contributed by atoms with Gasteiger partial charge in [-0.2, -0.15) is 5.10 Å². The summed E-state index contributed by atoms with van der Waals surface area (Å²) in [5.41, 5.74) is 3.54. The van der Waals surface area contributed by atoms with Gasteiger partial charge < -0.3 is 14.7 Å². The van der Waals surface area contributed by atoms with E-state index >= 15 is 0 Å². The average molecular weight is 383 g/mol. The van der Waals surface area contributed by atoms with Crippen LogP contribution in [0.25, 0.3) is 11.8 Å². The molecule has 0 atom stereocenters. The number of para-hydroxylation sites is 1. The quantitative estimate of drug-likeness (QED) is 0.775. The number of hydrogen-bond donors (Lipinski definition) is 1. The number of carboxylic acid groups (broad SMARTS) is 1. The Labute approximate surface area is 164 Å². The molecule has 0 aliphatic carbocycles. The lowest BCUT2D eigenvalue weighted by molar-refractivity contribution is -0.145. The molecule has 1 aromatic carbocycles. The molecule has 2 aromatic rings. The number of benzene rings is 1. The van der Waals surface area contributed by atoms with Crippen LogP contribution < -0.4 is 0 Å². The maximum absolute atomic E-state index is 12.8. The number of ether oxygens (including phenoxy) is 1. The minimum Gasteiger partial charge on any atom is -0.480 e. The van der Waals surface area contributed by atoms with Crippen LogP contribution in [-0.2, 0) is 14.3 Å². The normalized spacial score (nSPS) is 15.1. The van der Waals surface area contributed by atoms with Crippen LogP contribution in [-0.4, -0.2) is 57.5 Å². The van der Waals surface area contributed by atoms with Crippen LogP contribution in [0.15, 0.2) is 36.4 Å². The Hall–Kier alpha value is -2.93. The Bertz CT molecular complexity index is 867. The van der Waals surface area contributed by atoms with Crippen LogP contribution in [0.4, 0.5) is 0 Å². The van der Waals surface area contributed by atoms with Crippen molar-refractivity contribution in [3.05, 3.63) is 53.4 Å². The molecule has 1 saturated heterocycles. The van der Waals surface area contributed by atoms with Crippen molar-refractivity contribution < 1.29 is 19.4 Å². The highest BCUT2D eigenvalue weighted by Gasteiger charge is 2.26. The summed E-state index contributed by atoms with van der Waals surface area (Å²) in [5.74, 6) is -1.32. The number of nitrogens with zero attached hydrogens (tertiary/aromatic N) is 3. The molecule has 1 N–H and O–H groups in total. The fraction of sp³-hybridized carbons (Fsp3) is 0.381. The van der Waals surface area contributed by atoms with Crippen LogP contribution in [0, 0.1) is 13.8 Å². The second-order valence-electron chi connectivity index (χ2n) is 6.87. The van der Waals surface area contributed by atoms with Crippen molar-refractivity contribution >= 4 is 18.0 Å². The Morgan fingerprint density at radius 3 is 2.57 bits per heavy atom. The summed E-state index contributed by atoms with van der Waals surface area (Å²) in [5, 5.41) is 13.8. The van der Waals surface area contributed by atoms with Gasteiger partial charge in [-0.25, -0.2) is 4.68 Å². The van der Waals surface area contributed by atoms with E-state index in [0.29, 0.717) is 26.1 Å². The molecule has 2 heterocycles. The predicted octanol–water partition coefficient (Wildman–Crippen LogP) is 2.59. The first kappa shape index (κ1) is 19.8. The summed E-state index contributed by atoms with van der Waals surface area (Å²) in [6.07, 6.45) is 4.48. The molecule has 0 bridgehead atoms. The van der Waals surface area contributed by atoms with E-state index in [-0.39, 0.29) is 18.5 Å². The Kier molecular flexibility index (Phi) is 6.26. The number of carbonyl (C=O) groups excluding carboxylic acids is 1. The van der Waals surface area contributed by atoms with Gasteiger partial charge in [0.25, 0.3) is 0 Å². The fourth-order valence-corrected chi connectivity index (χ4v) is 3.50. The van der Waals surface area contributed by atoms with Gasteiger partial charge in [0.15, 0.2) is 0 Å². The van der Waals surface area contributed by atoms with Gasteiger partial charge in [0.1, 0.15) is 6.54 Å². The number of aryl methyl sites for hydroxylation is 1. The summed E-state index contributed by atoms with van der Waals surface area (Å²) >= 11 is 0. The molecule has 7 heteroatoms. The van der Waals surface area contributed by atoms with Crippen LogP contribution in [0.5, 0.6) is 0 Å². The number of carbonyl (C=O) groups is 2. The van der Waals surface area contributed by atoms with Crippen molar-refractivity contribution in [2.45, 2.75) is 32.7 Å². The van der Waals surface area contributed by atoms with Crippen molar-refractivity contribution in [1.29, 1.82) is 0 Å². The first-order valence-corrected chi connectivity index (χ1v) is 9.37. The molecule has 148 valence electrons. The molecule has 0 spiro atoms. The van der Waals surface area contributed by atoms with Gasteiger partial charge in [0.05, 0.1) is 11.4 Å². The molecule has 1 aromatic heterocycles. The zero-order chi connectivity index (χ0) is 20.1. The van der Waals surface area contributed by atoms with E-state index in [9.17, 15) is 14.7 Å². The lowest BCUT2D eigenvalue weighted by Crippen LogP contribution is -2.45. The van der Waals surface area contributed by atoms with E-state index < -0.39 is 5.97 Å². The first-order chi connectivity index (χ1) is 13.5. The molecule has 28 heavy (non-hydrogen) atoms. The second-order valence-corrected chi connectivity index (χ2v) is 6.87. The monoisotopic (exact) mass is 383 g/mol. The summed E-state index contributed by atoms with van der Waals surface area (Å²) in [7, 11) is 0. The Morgan fingerprint density at radius 2 is 1.93 bits per heavy atom. The highest BCUT2D eigenvalue weighted by Crippen LogP contribution is 2.20. The van der Waals surface area contributed by atoms with E-state index in [4.69, 9.17) is 4.74 Å².